The second-order valence-corrected chi connectivity index (χ2v) is 8.54. The van der Waals surface area contributed by atoms with Gasteiger partial charge in [0.15, 0.2) is 0 Å². The number of hydrogen-bond acceptors (Lipinski definition) is 3. The number of aromatic nitrogens is 1. The molecule has 0 saturated carbocycles. The van der Waals surface area contributed by atoms with Crippen molar-refractivity contribution < 1.29 is 9.53 Å². The van der Waals surface area contributed by atoms with Gasteiger partial charge < -0.3 is 9.72 Å². The van der Waals surface area contributed by atoms with Gasteiger partial charge in [0.25, 0.3) is 0 Å². The number of carbonyl (C=O) groups excluding carboxylic acids is 1. The van der Waals surface area contributed by atoms with Crippen molar-refractivity contribution in [1.29, 1.82) is 0 Å². The first-order chi connectivity index (χ1) is 13.4. The van der Waals surface area contributed by atoms with Crippen LogP contribution in [-0.2, 0) is 21.4 Å². The van der Waals surface area contributed by atoms with Crippen LogP contribution in [0.2, 0.25) is 0 Å². The van der Waals surface area contributed by atoms with Crippen molar-refractivity contribution in [2.45, 2.75) is 51.6 Å². The summed E-state index contributed by atoms with van der Waals surface area (Å²) in [6.45, 7) is 8.89. The van der Waals surface area contributed by atoms with Crippen LogP contribution in [0.4, 0.5) is 0 Å². The number of carbonyl (C=O) groups is 1. The molecule has 4 rings (SSSR count). The molecule has 4 nitrogen and oxygen atoms in total. The molecule has 0 fully saturated rings. The number of fused-ring (bicyclic) bond motifs is 3. The number of hydrogen-bond donors (Lipinski definition) is 2. The lowest BCUT2D eigenvalue weighted by Gasteiger charge is -2.31. The van der Waals surface area contributed by atoms with Gasteiger partial charge in [0, 0.05) is 23.0 Å². The normalized spacial score (nSPS) is 19.4. The molecule has 2 N–H and O–H groups in total. The number of benzene rings is 2. The summed E-state index contributed by atoms with van der Waals surface area (Å²) in [6.07, 6.45) is 0.634. The molecule has 2 aromatic carbocycles. The molecule has 2 atom stereocenters. The van der Waals surface area contributed by atoms with Crippen molar-refractivity contribution in [2.75, 3.05) is 6.61 Å². The maximum absolute atomic E-state index is 12.5. The van der Waals surface area contributed by atoms with Gasteiger partial charge in [-0.3, -0.25) is 10.1 Å². The van der Waals surface area contributed by atoms with Gasteiger partial charge in [-0.15, -0.1) is 0 Å². The predicted octanol–water partition coefficient (Wildman–Crippen LogP) is 4.63. The minimum absolute atomic E-state index is 0.0698. The zero-order valence-corrected chi connectivity index (χ0v) is 17.0. The number of ether oxygens (including phenoxy) is 1. The highest BCUT2D eigenvalue weighted by Gasteiger charge is 2.34. The number of para-hydroxylation sites is 1. The van der Waals surface area contributed by atoms with Gasteiger partial charge in [0.1, 0.15) is 6.04 Å². The van der Waals surface area contributed by atoms with Gasteiger partial charge in [-0.05, 0) is 35.1 Å². The molecule has 1 aromatic heterocycles. The van der Waals surface area contributed by atoms with Crippen LogP contribution in [-0.4, -0.2) is 23.6 Å². The molecule has 1 aliphatic heterocycles. The van der Waals surface area contributed by atoms with Crippen LogP contribution in [0.1, 0.15) is 56.1 Å². The number of H-pyrrole nitrogens is 1. The molecule has 0 saturated heterocycles. The smallest absolute Gasteiger partial charge is 0.323 e. The fraction of sp³-hybridized carbons (Fsp3) is 0.375. The van der Waals surface area contributed by atoms with Crippen molar-refractivity contribution in [3.63, 3.8) is 0 Å². The quantitative estimate of drug-likeness (QED) is 0.655. The maximum atomic E-state index is 12.5. The van der Waals surface area contributed by atoms with Crippen molar-refractivity contribution in [3.05, 3.63) is 70.9 Å². The Morgan fingerprint density at radius 2 is 1.82 bits per heavy atom. The molecule has 4 heteroatoms. The fourth-order valence-corrected chi connectivity index (χ4v) is 4.07. The predicted molar refractivity (Wildman–Crippen MR) is 113 cm³/mol. The molecule has 3 aromatic rings. The molecule has 0 unspecified atom stereocenters. The van der Waals surface area contributed by atoms with Crippen LogP contribution < -0.4 is 5.32 Å². The first-order valence-corrected chi connectivity index (χ1v) is 10.0. The van der Waals surface area contributed by atoms with E-state index in [2.05, 4.69) is 67.5 Å². The largest absolute Gasteiger partial charge is 0.465 e. The molecule has 0 bridgehead atoms. The summed E-state index contributed by atoms with van der Waals surface area (Å²) in [4.78, 5) is 16.1. The Bertz CT molecular complexity index is 996. The van der Waals surface area contributed by atoms with E-state index in [4.69, 9.17) is 4.74 Å². The Morgan fingerprint density at radius 3 is 2.50 bits per heavy atom. The van der Waals surface area contributed by atoms with Crippen LogP contribution in [0, 0.1) is 0 Å². The first-order valence-electron chi connectivity index (χ1n) is 10.0. The van der Waals surface area contributed by atoms with E-state index in [1.807, 2.05) is 19.1 Å². The third-order valence-corrected chi connectivity index (χ3v) is 5.59. The van der Waals surface area contributed by atoms with E-state index < -0.39 is 0 Å². The average molecular weight is 377 g/mol. The van der Waals surface area contributed by atoms with Gasteiger partial charge >= 0.3 is 5.97 Å². The number of rotatable bonds is 3. The minimum atomic E-state index is -0.348. The van der Waals surface area contributed by atoms with E-state index in [-0.39, 0.29) is 23.5 Å². The van der Waals surface area contributed by atoms with E-state index in [1.165, 1.54) is 16.5 Å². The molecule has 2 heterocycles. The average Bonchev–Trinajstić information content (AvgIpc) is 3.05. The maximum Gasteiger partial charge on any atom is 0.323 e. The summed E-state index contributed by atoms with van der Waals surface area (Å²) in [5.41, 5.74) is 6.01. The zero-order chi connectivity index (χ0) is 19.9. The highest BCUT2D eigenvalue weighted by atomic mass is 16.5. The van der Waals surface area contributed by atoms with Crippen LogP contribution in [0.3, 0.4) is 0 Å². The molecule has 0 spiro atoms. The molecular weight excluding hydrogens is 348 g/mol. The third kappa shape index (κ3) is 3.33. The molecule has 146 valence electrons. The summed E-state index contributed by atoms with van der Waals surface area (Å²) in [5.74, 6) is -0.185. The van der Waals surface area contributed by atoms with Gasteiger partial charge in [-0.1, -0.05) is 63.2 Å². The van der Waals surface area contributed by atoms with Crippen molar-refractivity contribution in [1.82, 2.24) is 10.3 Å². The van der Waals surface area contributed by atoms with E-state index in [1.54, 1.807) is 0 Å². The van der Waals surface area contributed by atoms with Crippen molar-refractivity contribution in [3.8, 4) is 0 Å². The Labute approximate surface area is 166 Å². The Morgan fingerprint density at radius 1 is 1.11 bits per heavy atom. The van der Waals surface area contributed by atoms with E-state index >= 15 is 0 Å². The Balaban J connectivity index is 1.78. The molecule has 28 heavy (non-hydrogen) atoms. The second-order valence-electron chi connectivity index (χ2n) is 8.54. The van der Waals surface area contributed by atoms with Crippen LogP contribution in [0.25, 0.3) is 10.9 Å². The summed E-state index contributed by atoms with van der Waals surface area (Å²) >= 11 is 0. The Hall–Kier alpha value is -2.59. The summed E-state index contributed by atoms with van der Waals surface area (Å²) in [6, 6.07) is 16.6. The van der Waals surface area contributed by atoms with Crippen LogP contribution >= 0.6 is 0 Å². The van der Waals surface area contributed by atoms with Gasteiger partial charge in [-0.2, -0.15) is 0 Å². The third-order valence-electron chi connectivity index (χ3n) is 5.59. The number of nitrogens with one attached hydrogen (secondary N) is 2. The Kier molecular flexibility index (Phi) is 4.76. The molecule has 0 aliphatic carbocycles. The lowest BCUT2D eigenvalue weighted by atomic mass is 9.85. The highest BCUT2D eigenvalue weighted by molar-refractivity contribution is 5.87. The lowest BCUT2D eigenvalue weighted by molar-refractivity contribution is -0.146. The van der Waals surface area contributed by atoms with Crippen molar-refractivity contribution >= 4 is 16.9 Å². The molecule has 0 amide bonds. The lowest BCUT2D eigenvalue weighted by Crippen LogP contribution is -2.45. The second kappa shape index (κ2) is 7.10. The summed E-state index contributed by atoms with van der Waals surface area (Å²) in [7, 11) is 0. The first kappa shape index (κ1) is 18.8. The van der Waals surface area contributed by atoms with Gasteiger partial charge in [-0.25, -0.2) is 0 Å². The monoisotopic (exact) mass is 376 g/mol. The molecular formula is C24H28N2O2. The standard InChI is InChI=1S/C24H28N2O2/c1-5-28-23(27)20-14-18-17-8-6-7-9-19(17)25-22(18)21(26-20)15-10-12-16(13-11-15)24(2,3)4/h6-13,20-21,25-26H,5,14H2,1-4H3/t20-,21-/m0/s1. The minimum Gasteiger partial charge on any atom is -0.465 e. The van der Waals surface area contributed by atoms with Crippen molar-refractivity contribution in [2.24, 2.45) is 0 Å². The van der Waals surface area contributed by atoms with E-state index in [0.29, 0.717) is 13.0 Å². The summed E-state index contributed by atoms with van der Waals surface area (Å²) < 4.78 is 5.32. The fourth-order valence-electron chi connectivity index (χ4n) is 4.07. The van der Waals surface area contributed by atoms with Gasteiger partial charge in [0.2, 0.25) is 0 Å². The van der Waals surface area contributed by atoms with Crippen LogP contribution in [0.15, 0.2) is 48.5 Å². The molecule has 1 aliphatic rings. The topological polar surface area (TPSA) is 54.1 Å². The highest BCUT2D eigenvalue weighted by Crippen LogP contribution is 2.36. The SMILES string of the molecule is CCOC(=O)[C@@H]1Cc2c([nH]c3ccccc23)[C@H](c2ccc(C(C)(C)C)cc2)N1. The van der Waals surface area contributed by atoms with Gasteiger partial charge in [0.05, 0.1) is 12.6 Å². The number of esters is 1. The van der Waals surface area contributed by atoms with E-state index in [9.17, 15) is 4.79 Å². The van der Waals surface area contributed by atoms with E-state index in [0.717, 1.165) is 16.8 Å². The number of aromatic amines is 1. The summed E-state index contributed by atoms with van der Waals surface area (Å²) in [5, 5.41) is 4.71. The molecule has 0 radical (unpaired) electrons. The zero-order valence-electron chi connectivity index (χ0n) is 17.0. The van der Waals surface area contributed by atoms with Crippen LogP contribution in [0.5, 0.6) is 0 Å².